The van der Waals surface area contributed by atoms with E-state index in [2.05, 4.69) is 0 Å². The first-order chi connectivity index (χ1) is 14.0. The van der Waals surface area contributed by atoms with Gasteiger partial charge in [-0.15, -0.1) is 11.3 Å². The van der Waals surface area contributed by atoms with Crippen molar-refractivity contribution in [3.05, 3.63) is 98.7 Å². The summed E-state index contributed by atoms with van der Waals surface area (Å²) in [5, 5.41) is 13.1. The van der Waals surface area contributed by atoms with Crippen LogP contribution in [0.3, 0.4) is 0 Å². The highest BCUT2D eigenvalue weighted by Crippen LogP contribution is 2.42. The topological polar surface area (TPSA) is 57.6 Å². The molecule has 1 aromatic heterocycles. The molecule has 2 aromatic carbocycles. The summed E-state index contributed by atoms with van der Waals surface area (Å²) in [5.41, 5.74) is 3.50. The average Bonchev–Trinajstić information content (AvgIpc) is 3.33. The van der Waals surface area contributed by atoms with Crippen LogP contribution >= 0.6 is 11.3 Å². The smallest absolute Gasteiger partial charge is 0.295 e. The van der Waals surface area contributed by atoms with Gasteiger partial charge >= 0.3 is 0 Å². The number of aliphatic hydroxyl groups is 1. The van der Waals surface area contributed by atoms with E-state index in [-0.39, 0.29) is 11.3 Å². The van der Waals surface area contributed by atoms with Crippen LogP contribution in [-0.4, -0.2) is 21.7 Å². The van der Waals surface area contributed by atoms with Gasteiger partial charge in [-0.3, -0.25) is 9.59 Å². The highest BCUT2D eigenvalue weighted by atomic mass is 32.1. The normalized spacial score (nSPS) is 18.4. The van der Waals surface area contributed by atoms with Gasteiger partial charge in [-0.25, -0.2) is 0 Å². The number of hydrogen-bond donors (Lipinski definition) is 1. The Kier molecular flexibility index (Phi) is 5.07. The monoisotopic (exact) mass is 403 g/mol. The third kappa shape index (κ3) is 3.49. The number of carbonyl (C=O) groups is 2. The van der Waals surface area contributed by atoms with Gasteiger partial charge in [0.25, 0.3) is 11.7 Å². The first-order valence-electron chi connectivity index (χ1n) is 9.40. The fourth-order valence-corrected chi connectivity index (χ4v) is 4.55. The molecule has 0 spiro atoms. The number of Topliss-reactive ketones (excluding diaryl/α,β-unsaturated/α-hetero) is 1. The van der Waals surface area contributed by atoms with Gasteiger partial charge < -0.3 is 10.0 Å². The highest BCUT2D eigenvalue weighted by molar-refractivity contribution is 7.10. The van der Waals surface area contributed by atoms with E-state index in [9.17, 15) is 14.7 Å². The minimum Gasteiger partial charge on any atom is -0.507 e. The molecule has 2 heterocycles. The molecule has 3 aromatic rings. The van der Waals surface area contributed by atoms with Crippen molar-refractivity contribution < 1.29 is 14.7 Å². The fraction of sp³-hybridized carbons (Fsp3) is 0.167. The maximum absolute atomic E-state index is 13.0. The Morgan fingerprint density at radius 2 is 1.79 bits per heavy atom. The molecule has 0 radical (unpaired) electrons. The van der Waals surface area contributed by atoms with E-state index in [0.717, 1.165) is 21.6 Å². The first-order valence-corrected chi connectivity index (χ1v) is 10.3. The van der Waals surface area contributed by atoms with Crippen molar-refractivity contribution in [3.63, 3.8) is 0 Å². The summed E-state index contributed by atoms with van der Waals surface area (Å²) in [6.45, 7) is 4.12. The summed E-state index contributed by atoms with van der Waals surface area (Å²) in [6, 6.07) is 18.5. The molecule has 29 heavy (non-hydrogen) atoms. The van der Waals surface area contributed by atoms with Crippen LogP contribution in [0.2, 0.25) is 0 Å². The summed E-state index contributed by atoms with van der Waals surface area (Å²) in [6.07, 6.45) is 0. The van der Waals surface area contributed by atoms with Crippen molar-refractivity contribution >= 4 is 28.8 Å². The van der Waals surface area contributed by atoms with Crippen LogP contribution in [0.4, 0.5) is 0 Å². The zero-order valence-corrected chi connectivity index (χ0v) is 17.1. The molecule has 1 atom stereocenters. The molecule has 146 valence electrons. The molecule has 0 aliphatic carbocycles. The van der Waals surface area contributed by atoms with Gasteiger partial charge in [-0.2, -0.15) is 0 Å². The van der Waals surface area contributed by atoms with E-state index < -0.39 is 17.7 Å². The number of thiophene rings is 1. The lowest BCUT2D eigenvalue weighted by Crippen LogP contribution is -2.28. The second kappa shape index (κ2) is 7.68. The lowest BCUT2D eigenvalue weighted by atomic mass is 9.96. The van der Waals surface area contributed by atoms with Crippen molar-refractivity contribution in [2.75, 3.05) is 0 Å². The molecule has 1 saturated heterocycles. The number of ketones is 1. The van der Waals surface area contributed by atoms with Crippen LogP contribution in [0.5, 0.6) is 0 Å². The Morgan fingerprint density at radius 1 is 1.03 bits per heavy atom. The molecule has 1 unspecified atom stereocenters. The van der Waals surface area contributed by atoms with E-state index in [4.69, 9.17) is 0 Å². The van der Waals surface area contributed by atoms with Crippen LogP contribution in [0.15, 0.2) is 71.6 Å². The predicted molar refractivity (Wildman–Crippen MR) is 115 cm³/mol. The van der Waals surface area contributed by atoms with E-state index in [1.54, 1.807) is 4.90 Å². The zero-order chi connectivity index (χ0) is 20.5. The molecule has 5 heteroatoms. The number of nitrogens with zero attached hydrogens (tertiary/aromatic N) is 1. The largest absolute Gasteiger partial charge is 0.507 e. The average molecular weight is 404 g/mol. The summed E-state index contributed by atoms with van der Waals surface area (Å²) in [5.74, 6) is -1.34. The Morgan fingerprint density at radius 3 is 2.48 bits per heavy atom. The number of benzene rings is 2. The second-order valence-corrected chi connectivity index (χ2v) is 8.23. The highest BCUT2D eigenvalue weighted by Gasteiger charge is 2.46. The fourth-order valence-electron chi connectivity index (χ4n) is 3.70. The third-order valence-electron chi connectivity index (χ3n) is 5.20. The number of amides is 1. The Bertz CT molecular complexity index is 1100. The van der Waals surface area contributed by atoms with Crippen molar-refractivity contribution in [1.29, 1.82) is 0 Å². The summed E-state index contributed by atoms with van der Waals surface area (Å²) >= 11 is 1.47. The standard InChI is InChI=1S/C24H21NO3S/c1-15-10-11-16(2)18(13-15)22(26)20-21(19-9-6-12-29-19)25(24(28)23(20)27)14-17-7-4-3-5-8-17/h3-13,21,26H,14H2,1-2H3/b22-20+. The van der Waals surface area contributed by atoms with Crippen molar-refractivity contribution in [2.24, 2.45) is 0 Å². The molecule has 1 aliphatic rings. The third-order valence-corrected chi connectivity index (χ3v) is 6.12. The van der Waals surface area contributed by atoms with Crippen molar-refractivity contribution in [2.45, 2.75) is 26.4 Å². The van der Waals surface area contributed by atoms with Crippen LogP contribution in [0.25, 0.3) is 5.76 Å². The minimum atomic E-state index is -0.641. The lowest BCUT2D eigenvalue weighted by molar-refractivity contribution is -0.140. The van der Waals surface area contributed by atoms with E-state index in [1.165, 1.54) is 11.3 Å². The van der Waals surface area contributed by atoms with Gasteiger partial charge in [0.15, 0.2) is 0 Å². The zero-order valence-electron chi connectivity index (χ0n) is 16.3. The molecule has 1 aliphatic heterocycles. The Hall–Kier alpha value is -3.18. The molecular weight excluding hydrogens is 382 g/mol. The van der Waals surface area contributed by atoms with Crippen molar-refractivity contribution in [1.82, 2.24) is 4.90 Å². The molecule has 4 nitrogen and oxygen atoms in total. The summed E-state index contributed by atoms with van der Waals surface area (Å²) in [7, 11) is 0. The number of hydrogen-bond acceptors (Lipinski definition) is 4. The van der Waals surface area contributed by atoms with Gasteiger partial charge in [0, 0.05) is 17.0 Å². The Balaban J connectivity index is 1.87. The maximum Gasteiger partial charge on any atom is 0.295 e. The van der Waals surface area contributed by atoms with Gasteiger partial charge in [0.05, 0.1) is 11.6 Å². The van der Waals surface area contributed by atoms with E-state index >= 15 is 0 Å². The molecule has 0 saturated carbocycles. The molecule has 0 bridgehead atoms. The van der Waals surface area contributed by atoms with Crippen LogP contribution < -0.4 is 0 Å². The second-order valence-electron chi connectivity index (χ2n) is 7.25. The van der Waals surface area contributed by atoms with Crippen LogP contribution in [-0.2, 0) is 16.1 Å². The summed E-state index contributed by atoms with van der Waals surface area (Å²) in [4.78, 5) is 28.4. The number of rotatable bonds is 4. The van der Waals surface area contributed by atoms with E-state index in [0.29, 0.717) is 12.1 Å². The summed E-state index contributed by atoms with van der Waals surface area (Å²) < 4.78 is 0. The molecular formula is C24H21NO3S. The minimum absolute atomic E-state index is 0.112. The van der Waals surface area contributed by atoms with Gasteiger partial charge in [-0.05, 0) is 42.5 Å². The van der Waals surface area contributed by atoms with Crippen molar-refractivity contribution in [3.8, 4) is 0 Å². The number of carbonyl (C=O) groups excluding carboxylic acids is 2. The van der Waals surface area contributed by atoms with Crippen LogP contribution in [0.1, 0.15) is 33.2 Å². The number of aryl methyl sites for hydroxylation is 2. The molecule has 1 N–H and O–H groups in total. The van der Waals surface area contributed by atoms with Gasteiger partial charge in [0.1, 0.15) is 5.76 Å². The molecule has 4 rings (SSSR count). The quantitative estimate of drug-likeness (QED) is 0.379. The molecule has 1 amide bonds. The maximum atomic E-state index is 13.0. The van der Waals surface area contributed by atoms with Crippen LogP contribution in [0, 0.1) is 13.8 Å². The number of aliphatic hydroxyl groups excluding tert-OH is 1. The van der Waals surface area contributed by atoms with Gasteiger partial charge in [-0.1, -0.05) is 54.1 Å². The predicted octanol–water partition coefficient (Wildman–Crippen LogP) is 4.99. The number of likely N-dealkylation sites (tertiary alicyclic amines) is 1. The molecule has 1 fully saturated rings. The lowest BCUT2D eigenvalue weighted by Gasteiger charge is -2.24. The Labute approximate surface area is 173 Å². The first kappa shape index (κ1) is 19.2. The SMILES string of the molecule is Cc1ccc(C)c(/C(O)=C2\C(=O)C(=O)N(Cc3ccccc3)C2c2cccs2)c1. The van der Waals surface area contributed by atoms with E-state index in [1.807, 2.05) is 79.9 Å². The van der Waals surface area contributed by atoms with Gasteiger partial charge in [0.2, 0.25) is 0 Å².